The lowest BCUT2D eigenvalue weighted by Gasteiger charge is -2.25. The highest BCUT2D eigenvalue weighted by molar-refractivity contribution is 5.97. The van der Waals surface area contributed by atoms with Crippen LogP contribution in [0.2, 0.25) is 0 Å². The molecule has 1 aromatic rings. The van der Waals surface area contributed by atoms with E-state index >= 15 is 0 Å². The van der Waals surface area contributed by atoms with Crippen molar-refractivity contribution in [1.29, 1.82) is 0 Å². The molecule has 0 radical (unpaired) electrons. The number of likely N-dealkylation sites (tertiary alicyclic amines) is 1. The summed E-state index contributed by atoms with van der Waals surface area (Å²) < 4.78 is 10.6. The van der Waals surface area contributed by atoms with Crippen LogP contribution in [0.15, 0.2) is 18.2 Å². The molecular formula is C15H21NO3. The van der Waals surface area contributed by atoms with Gasteiger partial charge in [-0.2, -0.15) is 0 Å². The minimum atomic E-state index is 0.0418. The molecular weight excluding hydrogens is 242 g/mol. The Balaban J connectivity index is 2.26. The Hall–Kier alpha value is -1.55. The van der Waals surface area contributed by atoms with Gasteiger partial charge in [0, 0.05) is 13.7 Å². The number of carbonyl (C=O) groups is 1. The molecule has 0 saturated carbocycles. The molecule has 1 saturated heterocycles. The molecule has 19 heavy (non-hydrogen) atoms. The van der Waals surface area contributed by atoms with Gasteiger partial charge in [0.2, 0.25) is 0 Å². The number of para-hydroxylation sites is 1. The fourth-order valence-corrected chi connectivity index (χ4v) is 2.72. The summed E-state index contributed by atoms with van der Waals surface area (Å²) in [5.74, 6) is 0.718. The predicted octanol–water partition coefficient (Wildman–Crippen LogP) is 2.25. The predicted molar refractivity (Wildman–Crippen MR) is 73.7 cm³/mol. The molecule has 1 fully saturated rings. The summed E-state index contributed by atoms with van der Waals surface area (Å²) in [6.07, 6.45) is 2.04. The van der Waals surface area contributed by atoms with E-state index in [1.54, 1.807) is 14.2 Å². The highest BCUT2D eigenvalue weighted by atomic mass is 16.5. The molecule has 4 heteroatoms. The summed E-state index contributed by atoms with van der Waals surface area (Å²) in [7, 11) is 3.28. The van der Waals surface area contributed by atoms with Crippen LogP contribution in [0, 0.1) is 6.92 Å². The smallest absolute Gasteiger partial charge is 0.257 e. The molecule has 2 rings (SSSR count). The quantitative estimate of drug-likeness (QED) is 0.836. The van der Waals surface area contributed by atoms with Crippen LogP contribution in [0.4, 0.5) is 0 Å². The second kappa shape index (κ2) is 6.06. The largest absolute Gasteiger partial charge is 0.496 e. The Morgan fingerprint density at radius 2 is 2.21 bits per heavy atom. The Bertz CT molecular complexity index is 459. The average Bonchev–Trinajstić information content (AvgIpc) is 2.86. The fraction of sp³-hybridized carbons (Fsp3) is 0.533. The standard InChI is InChI=1S/C15H21NO3/c1-11-6-4-8-13(14(11)19-3)15(17)16-9-5-7-12(16)10-18-2/h4,6,8,12H,5,7,9-10H2,1-3H3/t12-/m0/s1. The topological polar surface area (TPSA) is 38.8 Å². The number of hydrogen-bond acceptors (Lipinski definition) is 3. The first-order valence-corrected chi connectivity index (χ1v) is 6.62. The van der Waals surface area contributed by atoms with Gasteiger partial charge in [0.15, 0.2) is 0 Å². The van der Waals surface area contributed by atoms with E-state index in [2.05, 4.69) is 0 Å². The minimum Gasteiger partial charge on any atom is -0.496 e. The van der Waals surface area contributed by atoms with Crippen LogP contribution in [0.25, 0.3) is 0 Å². The Morgan fingerprint density at radius 1 is 1.42 bits per heavy atom. The van der Waals surface area contributed by atoms with Crippen molar-refractivity contribution in [2.75, 3.05) is 27.4 Å². The first-order chi connectivity index (χ1) is 9.19. The normalized spacial score (nSPS) is 18.7. The molecule has 1 atom stereocenters. The highest BCUT2D eigenvalue weighted by Crippen LogP contribution is 2.27. The molecule has 0 spiro atoms. The third-order valence-corrected chi connectivity index (χ3v) is 3.64. The molecule has 1 aliphatic heterocycles. The number of carbonyl (C=O) groups excluding carboxylic acids is 1. The van der Waals surface area contributed by atoms with Crippen molar-refractivity contribution < 1.29 is 14.3 Å². The van der Waals surface area contributed by atoms with Crippen LogP contribution in [-0.4, -0.2) is 44.2 Å². The molecule has 1 amide bonds. The van der Waals surface area contributed by atoms with Crippen LogP contribution in [-0.2, 0) is 4.74 Å². The van der Waals surface area contributed by atoms with Crippen molar-refractivity contribution in [1.82, 2.24) is 4.90 Å². The van der Waals surface area contributed by atoms with Gasteiger partial charge < -0.3 is 14.4 Å². The van der Waals surface area contributed by atoms with Crippen molar-refractivity contribution in [2.24, 2.45) is 0 Å². The molecule has 0 aliphatic carbocycles. The van der Waals surface area contributed by atoms with Crippen LogP contribution < -0.4 is 4.74 Å². The molecule has 1 aromatic carbocycles. The maximum atomic E-state index is 12.7. The van der Waals surface area contributed by atoms with E-state index in [1.165, 1.54) is 0 Å². The monoisotopic (exact) mass is 263 g/mol. The fourth-order valence-electron chi connectivity index (χ4n) is 2.72. The van der Waals surface area contributed by atoms with E-state index in [0.717, 1.165) is 24.9 Å². The molecule has 1 aliphatic rings. The summed E-state index contributed by atoms with van der Waals surface area (Å²) in [4.78, 5) is 14.6. The lowest BCUT2D eigenvalue weighted by Crippen LogP contribution is -2.38. The van der Waals surface area contributed by atoms with E-state index in [4.69, 9.17) is 9.47 Å². The third-order valence-electron chi connectivity index (χ3n) is 3.64. The van der Waals surface area contributed by atoms with Gasteiger partial charge in [0.1, 0.15) is 5.75 Å². The lowest BCUT2D eigenvalue weighted by molar-refractivity contribution is 0.0627. The number of aryl methyl sites for hydroxylation is 1. The van der Waals surface area contributed by atoms with Gasteiger partial charge >= 0.3 is 0 Å². The summed E-state index contributed by atoms with van der Waals surface area (Å²) >= 11 is 0. The van der Waals surface area contributed by atoms with E-state index < -0.39 is 0 Å². The molecule has 0 unspecified atom stereocenters. The van der Waals surface area contributed by atoms with Gasteiger partial charge in [-0.25, -0.2) is 0 Å². The maximum absolute atomic E-state index is 12.7. The Morgan fingerprint density at radius 3 is 2.89 bits per heavy atom. The summed E-state index contributed by atoms with van der Waals surface area (Å²) in [6, 6.07) is 5.86. The van der Waals surface area contributed by atoms with Crippen molar-refractivity contribution in [3.8, 4) is 5.75 Å². The van der Waals surface area contributed by atoms with Crippen LogP contribution in [0.1, 0.15) is 28.8 Å². The van der Waals surface area contributed by atoms with E-state index in [0.29, 0.717) is 17.9 Å². The van der Waals surface area contributed by atoms with Gasteiger partial charge in [-0.05, 0) is 31.4 Å². The van der Waals surface area contributed by atoms with Gasteiger partial charge in [0.25, 0.3) is 5.91 Å². The van der Waals surface area contributed by atoms with Crippen molar-refractivity contribution in [3.05, 3.63) is 29.3 Å². The third kappa shape index (κ3) is 2.73. The summed E-state index contributed by atoms with van der Waals surface area (Å²) in [5.41, 5.74) is 1.63. The zero-order valence-electron chi connectivity index (χ0n) is 11.8. The zero-order valence-corrected chi connectivity index (χ0v) is 11.8. The first kappa shape index (κ1) is 13.9. The second-order valence-electron chi connectivity index (χ2n) is 4.91. The number of amides is 1. The molecule has 104 valence electrons. The van der Waals surface area contributed by atoms with Gasteiger partial charge in [-0.15, -0.1) is 0 Å². The zero-order chi connectivity index (χ0) is 13.8. The minimum absolute atomic E-state index is 0.0418. The van der Waals surface area contributed by atoms with Gasteiger partial charge in [-0.1, -0.05) is 12.1 Å². The van der Waals surface area contributed by atoms with Crippen LogP contribution >= 0.6 is 0 Å². The van der Waals surface area contributed by atoms with Crippen molar-refractivity contribution >= 4 is 5.91 Å². The number of hydrogen-bond donors (Lipinski definition) is 0. The van der Waals surface area contributed by atoms with Crippen molar-refractivity contribution in [3.63, 3.8) is 0 Å². The molecule has 1 heterocycles. The van der Waals surface area contributed by atoms with Gasteiger partial charge in [-0.3, -0.25) is 4.79 Å². The SMILES string of the molecule is COC[C@@H]1CCCN1C(=O)c1cccc(C)c1OC. The average molecular weight is 263 g/mol. The number of methoxy groups -OCH3 is 2. The van der Waals surface area contributed by atoms with E-state index in [-0.39, 0.29) is 11.9 Å². The molecule has 0 N–H and O–H groups in total. The maximum Gasteiger partial charge on any atom is 0.257 e. The Kier molecular flexibility index (Phi) is 4.43. The number of ether oxygens (including phenoxy) is 2. The molecule has 4 nitrogen and oxygen atoms in total. The Labute approximate surface area is 114 Å². The van der Waals surface area contributed by atoms with E-state index in [1.807, 2.05) is 30.0 Å². The summed E-state index contributed by atoms with van der Waals surface area (Å²) in [6.45, 7) is 3.34. The lowest BCUT2D eigenvalue weighted by atomic mass is 10.1. The highest BCUT2D eigenvalue weighted by Gasteiger charge is 2.30. The first-order valence-electron chi connectivity index (χ1n) is 6.62. The van der Waals surface area contributed by atoms with Crippen LogP contribution in [0.3, 0.4) is 0 Å². The van der Waals surface area contributed by atoms with Crippen LogP contribution in [0.5, 0.6) is 5.75 Å². The van der Waals surface area contributed by atoms with Gasteiger partial charge in [0.05, 0.1) is 25.3 Å². The second-order valence-corrected chi connectivity index (χ2v) is 4.91. The van der Waals surface area contributed by atoms with Crippen molar-refractivity contribution in [2.45, 2.75) is 25.8 Å². The number of nitrogens with zero attached hydrogens (tertiary/aromatic N) is 1. The number of benzene rings is 1. The molecule has 0 aromatic heterocycles. The number of rotatable bonds is 4. The molecule has 0 bridgehead atoms. The summed E-state index contributed by atoms with van der Waals surface area (Å²) in [5, 5.41) is 0. The van der Waals surface area contributed by atoms with E-state index in [9.17, 15) is 4.79 Å².